The zero-order chi connectivity index (χ0) is 12.5. The molecule has 94 valence electrons. The standard InChI is InChI=1S/C11H15FN2O2S/c1-9-8-14(7-6-13-9)17(15,16)11-4-2-10(12)3-5-11/h2-5,9,13H,6-8H2,1H3/t9-/m0/s1. The van der Waals surface area contributed by atoms with Crippen molar-refractivity contribution >= 4 is 10.0 Å². The van der Waals surface area contributed by atoms with Gasteiger partial charge in [-0.15, -0.1) is 0 Å². The molecule has 0 aromatic heterocycles. The van der Waals surface area contributed by atoms with E-state index in [2.05, 4.69) is 5.32 Å². The highest BCUT2D eigenvalue weighted by atomic mass is 32.2. The van der Waals surface area contributed by atoms with Gasteiger partial charge in [-0.1, -0.05) is 0 Å². The van der Waals surface area contributed by atoms with Crippen LogP contribution >= 0.6 is 0 Å². The molecule has 6 heteroatoms. The molecule has 0 aliphatic carbocycles. The largest absolute Gasteiger partial charge is 0.312 e. The van der Waals surface area contributed by atoms with Gasteiger partial charge in [-0.3, -0.25) is 0 Å². The summed E-state index contributed by atoms with van der Waals surface area (Å²) in [5.41, 5.74) is 0. The lowest BCUT2D eigenvalue weighted by Gasteiger charge is -2.30. The van der Waals surface area contributed by atoms with Crippen molar-refractivity contribution in [3.8, 4) is 0 Å². The highest BCUT2D eigenvalue weighted by Gasteiger charge is 2.28. The third-order valence-electron chi connectivity index (χ3n) is 2.78. The lowest BCUT2D eigenvalue weighted by atomic mass is 10.3. The molecule has 2 rings (SSSR count). The van der Waals surface area contributed by atoms with Crippen molar-refractivity contribution in [2.24, 2.45) is 0 Å². The molecule has 1 aromatic rings. The van der Waals surface area contributed by atoms with Crippen LogP contribution in [0.15, 0.2) is 29.2 Å². The van der Waals surface area contributed by atoms with Crippen LogP contribution in [-0.4, -0.2) is 38.4 Å². The average Bonchev–Trinajstić information content (AvgIpc) is 2.29. The molecule has 17 heavy (non-hydrogen) atoms. The predicted molar refractivity (Wildman–Crippen MR) is 62.6 cm³/mol. The zero-order valence-electron chi connectivity index (χ0n) is 9.56. The lowest BCUT2D eigenvalue weighted by molar-refractivity contribution is 0.310. The van der Waals surface area contributed by atoms with E-state index in [-0.39, 0.29) is 10.9 Å². The van der Waals surface area contributed by atoms with Gasteiger partial charge < -0.3 is 5.32 Å². The molecule has 1 fully saturated rings. The molecular weight excluding hydrogens is 243 g/mol. The smallest absolute Gasteiger partial charge is 0.243 e. The van der Waals surface area contributed by atoms with Crippen molar-refractivity contribution in [1.82, 2.24) is 9.62 Å². The van der Waals surface area contributed by atoms with E-state index < -0.39 is 15.8 Å². The van der Waals surface area contributed by atoms with Crippen LogP contribution in [0.2, 0.25) is 0 Å². The van der Waals surface area contributed by atoms with Crippen molar-refractivity contribution < 1.29 is 12.8 Å². The Balaban J connectivity index is 2.26. The van der Waals surface area contributed by atoms with Gasteiger partial charge in [0.2, 0.25) is 10.0 Å². The molecule has 1 aliphatic heterocycles. The van der Waals surface area contributed by atoms with Gasteiger partial charge in [0.15, 0.2) is 0 Å². The van der Waals surface area contributed by atoms with Crippen LogP contribution in [0.1, 0.15) is 6.92 Å². The van der Waals surface area contributed by atoms with Crippen molar-refractivity contribution in [2.75, 3.05) is 19.6 Å². The molecule has 1 heterocycles. The van der Waals surface area contributed by atoms with Crippen molar-refractivity contribution in [3.05, 3.63) is 30.1 Å². The van der Waals surface area contributed by atoms with Crippen LogP contribution in [0.3, 0.4) is 0 Å². The summed E-state index contributed by atoms with van der Waals surface area (Å²) in [6.07, 6.45) is 0. The molecule has 0 unspecified atom stereocenters. The Morgan fingerprint density at radius 1 is 1.35 bits per heavy atom. The van der Waals surface area contributed by atoms with Crippen LogP contribution in [-0.2, 0) is 10.0 Å². The highest BCUT2D eigenvalue weighted by Crippen LogP contribution is 2.17. The van der Waals surface area contributed by atoms with E-state index in [1.165, 1.54) is 28.6 Å². The summed E-state index contributed by atoms with van der Waals surface area (Å²) in [7, 11) is -3.49. The first-order valence-corrected chi connectivity index (χ1v) is 6.93. The molecule has 1 saturated heterocycles. The Bertz CT molecular complexity index is 487. The van der Waals surface area contributed by atoms with E-state index in [1.54, 1.807) is 0 Å². The summed E-state index contributed by atoms with van der Waals surface area (Å²) in [6.45, 7) is 3.47. The van der Waals surface area contributed by atoms with Gasteiger partial charge in [-0.2, -0.15) is 4.31 Å². The van der Waals surface area contributed by atoms with E-state index in [4.69, 9.17) is 0 Å². The van der Waals surface area contributed by atoms with Gasteiger partial charge in [0.05, 0.1) is 4.90 Å². The first-order valence-electron chi connectivity index (χ1n) is 5.49. The van der Waals surface area contributed by atoms with Gasteiger partial charge in [0.1, 0.15) is 5.82 Å². The minimum atomic E-state index is -3.49. The van der Waals surface area contributed by atoms with Crippen LogP contribution in [0.4, 0.5) is 4.39 Å². The highest BCUT2D eigenvalue weighted by molar-refractivity contribution is 7.89. The van der Waals surface area contributed by atoms with Gasteiger partial charge in [-0.05, 0) is 31.2 Å². The van der Waals surface area contributed by atoms with E-state index in [9.17, 15) is 12.8 Å². The molecule has 1 aromatic carbocycles. The Labute approximate surface area is 100 Å². The normalized spacial score (nSPS) is 22.6. The molecular formula is C11H15FN2O2S. The number of rotatable bonds is 2. The predicted octanol–water partition coefficient (Wildman–Crippen LogP) is 0.808. The van der Waals surface area contributed by atoms with Gasteiger partial charge in [0.25, 0.3) is 0 Å². The van der Waals surface area contributed by atoms with Crippen LogP contribution < -0.4 is 5.32 Å². The number of piperazine rings is 1. The second kappa shape index (κ2) is 4.72. The number of sulfonamides is 1. The lowest BCUT2D eigenvalue weighted by Crippen LogP contribution is -2.51. The number of halogens is 1. The maximum Gasteiger partial charge on any atom is 0.243 e. The number of benzene rings is 1. The van der Waals surface area contributed by atoms with Crippen LogP contribution in [0.25, 0.3) is 0 Å². The third kappa shape index (κ3) is 2.65. The Morgan fingerprint density at radius 3 is 2.59 bits per heavy atom. The topological polar surface area (TPSA) is 49.4 Å². The Kier molecular flexibility index (Phi) is 3.46. The van der Waals surface area contributed by atoms with E-state index >= 15 is 0 Å². The zero-order valence-corrected chi connectivity index (χ0v) is 10.4. The third-order valence-corrected chi connectivity index (χ3v) is 4.66. The van der Waals surface area contributed by atoms with Gasteiger partial charge >= 0.3 is 0 Å². The summed E-state index contributed by atoms with van der Waals surface area (Å²) in [6, 6.07) is 5.07. The minimum Gasteiger partial charge on any atom is -0.312 e. The van der Waals surface area contributed by atoms with E-state index in [0.29, 0.717) is 19.6 Å². The summed E-state index contributed by atoms with van der Waals surface area (Å²) in [5.74, 6) is -0.433. The van der Waals surface area contributed by atoms with E-state index in [0.717, 1.165) is 0 Å². The first kappa shape index (κ1) is 12.5. The maximum absolute atomic E-state index is 12.8. The quantitative estimate of drug-likeness (QED) is 0.854. The van der Waals surface area contributed by atoms with E-state index in [1.807, 2.05) is 6.92 Å². The number of hydrogen-bond acceptors (Lipinski definition) is 3. The van der Waals surface area contributed by atoms with Crippen molar-refractivity contribution in [3.63, 3.8) is 0 Å². The van der Waals surface area contributed by atoms with Crippen LogP contribution in [0.5, 0.6) is 0 Å². The number of nitrogens with zero attached hydrogens (tertiary/aromatic N) is 1. The van der Waals surface area contributed by atoms with Gasteiger partial charge in [-0.25, -0.2) is 12.8 Å². The fraction of sp³-hybridized carbons (Fsp3) is 0.455. The monoisotopic (exact) mass is 258 g/mol. The van der Waals surface area contributed by atoms with Crippen molar-refractivity contribution in [1.29, 1.82) is 0 Å². The maximum atomic E-state index is 12.8. The molecule has 1 aliphatic rings. The Morgan fingerprint density at radius 2 is 2.00 bits per heavy atom. The summed E-state index contributed by atoms with van der Waals surface area (Å²) in [5, 5.41) is 3.18. The molecule has 1 N–H and O–H groups in total. The molecule has 1 atom stereocenters. The van der Waals surface area contributed by atoms with Crippen molar-refractivity contribution in [2.45, 2.75) is 17.9 Å². The van der Waals surface area contributed by atoms with Crippen LogP contribution in [0, 0.1) is 5.82 Å². The second-order valence-corrected chi connectivity index (χ2v) is 6.11. The summed E-state index contributed by atoms with van der Waals surface area (Å²) < 4.78 is 38.6. The average molecular weight is 258 g/mol. The molecule has 0 amide bonds. The minimum absolute atomic E-state index is 0.138. The fourth-order valence-corrected chi connectivity index (χ4v) is 3.40. The molecule has 4 nitrogen and oxygen atoms in total. The Hall–Kier alpha value is -0.980. The second-order valence-electron chi connectivity index (χ2n) is 4.17. The summed E-state index contributed by atoms with van der Waals surface area (Å²) >= 11 is 0. The molecule has 0 radical (unpaired) electrons. The first-order chi connectivity index (χ1) is 8.00. The number of nitrogens with one attached hydrogen (secondary N) is 1. The SMILES string of the molecule is C[C@H]1CN(S(=O)(=O)c2ccc(F)cc2)CCN1. The molecule has 0 spiro atoms. The molecule has 0 saturated carbocycles. The summed E-state index contributed by atoms with van der Waals surface area (Å²) in [4.78, 5) is 0.146. The molecule has 0 bridgehead atoms. The van der Waals surface area contributed by atoms with Gasteiger partial charge in [0, 0.05) is 25.7 Å². The fourth-order valence-electron chi connectivity index (χ4n) is 1.87. The number of hydrogen-bond donors (Lipinski definition) is 1.